The molecular formula is C18H19NO6. The van der Waals surface area contributed by atoms with E-state index in [-0.39, 0.29) is 11.1 Å². The van der Waals surface area contributed by atoms with E-state index in [0.717, 1.165) is 0 Å². The molecule has 0 radical (unpaired) electrons. The smallest absolute Gasteiger partial charge is 0.338 e. The molecule has 1 N–H and O–H groups in total. The molecule has 0 fully saturated rings. The van der Waals surface area contributed by atoms with Gasteiger partial charge in [0.05, 0.1) is 37.0 Å². The molecule has 0 bridgehead atoms. The third-order valence-corrected chi connectivity index (χ3v) is 3.36. The zero-order valence-corrected chi connectivity index (χ0v) is 14.2. The van der Waals surface area contributed by atoms with E-state index in [4.69, 9.17) is 14.2 Å². The Hall–Kier alpha value is -3.09. The number of carboxylic acid groups (broad SMARTS) is 1. The van der Waals surface area contributed by atoms with Crippen molar-refractivity contribution in [1.29, 1.82) is 0 Å². The molecule has 0 atom stereocenters. The van der Waals surface area contributed by atoms with Crippen LogP contribution in [0.4, 0.5) is 0 Å². The van der Waals surface area contributed by atoms with E-state index in [1.165, 1.54) is 25.6 Å². The second kappa shape index (κ2) is 8.14. The van der Waals surface area contributed by atoms with E-state index in [9.17, 15) is 14.7 Å². The zero-order valence-electron chi connectivity index (χ0n) is 14.2. The van der Waals surface area contributed by atoms with Gasteiger partial charge in [-0.2, -0.15) is 0 Å². The van der Waals surface area contributed by atoms with Crippen molar-refractivity contribution < 1.29 is 28.9 Å². The van der Waals surface area contributed by atoms with Crippen molar-refractivity contribution in [3.05, 3.63) is 41.7 Å². The molecule has 25 heavy (non-hydrogen) atoms. The van der Waals surface area contributed by atoms with Crippen LogP contribution in [0, 0.1) is 0 Å². The Kier molecular flexibility index (Phi) is 5.94. The summed E-state index contributed by atoms with van der Waals surface area (Å²) in [6.07, 6.45) is 2.78. The van der Waals surface area contributed by atoms with E-state index < -0.39 is 11.9 Å². The molecule has 0 spiro atoms. The average molecular weight is 345 g/mol. The van der Waals surface area contributed by atoms with Crippen LogP contribution < -0.4 is 9.47 Å². The first kappa shape index (κ1) is 18.3. The van der Waals surface area contributed by atoms with Crippen LogP contribution in [0.25, 0.3) is 11.1 Å². The predicted octanol–water partition coefficient (Wildman–Crippen LogP) is 3.03. The van der Waals surface area contributed by atoms with Crippen LogP contribution in [-0.2, 0) is 4.74 Å². The summed E-state index contributed by atoms with van der Waals surface area (Å²) >= 11 is 0. The molecule has 0 saturated heterocycles. The molecule has 2 aromatic rings. The lowest BCUT2D eigenvalue weighted by atomic mass is 10.0. The van der Waals surface area contributed by atoms with Crippen molar-refractivity contribution >= 4 is 11.9 Å². The molecule has 0 aliphatic carbocycles. The average Bonchev–Trinajstić information content (AvgIpc) is 2.61. The number of aromatic nitrogens is 1. The Morgan fingerprint density at radius 1 is 1.00 bits per heavy atom. The van der Waals surface area contributed by atoms with Crippen LogP contribution in [-0.4, -0.2) is 42.4 Å². The molecule has 2 rings (SSSR count). The maximum absolute atomic E-state index is 11.9. The number of carbonyl (C=O) groups is 2. The number of aromatic carboxylic acids is 1. The van der Waals surface area contributed by atoms with Gasteiger partial charge in [-0.05, 0) is 32.0 Å². The number of carboxylic acids is 1. The summed E-state index contributed by atoms with van der Waals surface area (Å²) in [6, 6.07) is 4.56. The summed E-state index contributed by atoms with van der Waals surface area (Å²) in [6.45, 7) is 4.33. The summed E-state index contributed by atoms with van der Waals surface area (Å²) in [5.74, 6) is -0.835. The second-order valence-corrected chi connectivity index (χ2v) is 4.97. The van der Waals surface area contributed by atoms with E-state index in [0.29, 0.717) is 35.8 Å². The molecule has 132 valence electrons. The molecule has 0 unspecified atom stereocenters. The largest absolute Gasteiger partial charge is 0.493 e. The highest BCUT2D eigenvalue weighted by Gasteiger charge is 2.20. The molecule has 1 aromatic heterocycles. The first-order valence-electron chi connectivity index (χ1n) is 7.72. The molecule has 0 amide bonds. The molecule has 7 heteroatoms. The summed E-state index contributed by atoms with van der Waals surface area (Å²) in [5, 5.41) is 9.19. The van der Waals surface area contributed by atoms with Crippen LogP contribution in [0.3, 0.4) is 0 Å². The lowest BCUT2D eigenvalue weighted by Crippen LogP contribution is -2.06. The van der Waals surface area contributed by atoms with Gasteiger partial charge >= 0.3 is 11.9 Å². The Labute approximate surface area is 145 Å². The van der Waals surface area contributed by atoms with E-state index in [1.807, 2.05) is 0 Å². The minimum absolute atomic E-state index is 0.0411. The van der Waals surface area contributed by atoms with E-state index >= 15 is 0 Å². The van der Waals surface area contributed by atoms with Crippen LogP contribution in [0.1, 0.15) is 34.6 Å². The number of rotatable bonds is 7. The van der Waals surface area contributed by atoms with E-state index in [1.54, 1.807) is 26.0 Å². The Bertz CT molecular complexity index is 760. The maximum Gasteiger partial charge on any atom is 0.338 e. The van der Waals surface area contributed by atoms with E-state index in [2.05, 4.69) is 4.98 Å². The first-order chi connectivity index (χ1) is 12.0. The highest BCUT2D eigenvalue weighted by molar-refractivity contribution is 5.94. The van der Waals surface area contributed by atoms with Gasteiger partial charge in [-0.3, -0.25) is 4.98 Å². The van der Waals surface area contributed by atoms with Gasteiger partial charge in [0.15, 0.2) is 0 Å². The molecule has 1 heterocycles. The van der Waals surface area contributed by atoms with Gasteiger partial charge in [-0.1, -0.05) is 0 Å². The predicted molar refractivity (Wildman–Crippen MR) is 90.3 cm³/mol. The Morgan fingerprint density at radius 3 is 2.08 bits per heavy atom. The number of carbonyl (C=O) groups excluding carboxylic acids is 1. The van der Waals surface area contributed by atoms with Gasteiger partial charge in [0, 0.05) is 18.0 Å². The number of benzene rings is 1. The second-order valence-electron chi connectivity index (χ2n) is 4.97. The van der Waals surface area contributed by atoms with Crippen molar-refractivity contribution in [2.75, 3.05) is 20.3 Å². The number of hydrogen-bond donors (Lipinski definition) is 1. The summed E-state index contributed by atoms with van der Waals surface area (Å²) < 4.78 is 16.1. The Balaban J connectivity index is 2.70. The number of pyridine rings is 1. The number of hydrogen-bond acceptors (Lipinski definition) is 6. The third kappa shape index (κ3) is 4.06. The van der Waals surface area contributed by atoms with Crippen molar-refractivity contribution in [2.45, 2.75) is 13.8 Å². The van der Waals surface area contributed by atoms with Gasteiger partial charge in [-0.15, -0.1) is 0 Å². The minimum atomic E-state index is -1.09. The van der Waals surface area contributed by atoms with Crippen LogP contribution >= 0.6 is 0 Å². The summed E-state index contributed by atoms with van der Waals surface area (Å²) in [7, 11) is 1.29. The standard InChI is InChI=1S/C18H19NO6/c1-4-24-14-7-11(18(22)23-3)8-15(25-5-2)16(14)12-6-13(17(20)21)10-19-9-12/h6-10H,4-5H2,1-3H3,(H,20,21). The summed E-state index contributed by atoms with van der Waals surface area (Å²) in [5.41, 5.74) is 1.37. The molecule has 0 aliphatic rings. The quantitative estimate of drug-likeness (QED) is 0.771. The van der Waals surface area contributed by atoms with Gasteiger partial charge in [-0.25, -0.2) is 9.59 Å². The van der Waals surface area contributed by atoms with Gasteiger partial charge < -0.3 is 19.3 Å². The molecule has 0 saturated carbocycles. The van der Waals surface area contributed by atoms with Gasteiger partial charge in [0.2, 0.25) is 0 Å². The van der Waals surface area contributed by atoms with Crippen LogP contribution in [0.5, 0.6) is 11.5 Å². The minimum Gasteiger partial charge on any atom is -0.493 e. The maximum atomic E-state index is 11.9. The SMILES string of the molecule is CCOc1cc(C(=O)OC)cc(OCC)c1-c1cncc(C(=O)O)c1. The van der Waals surface area contributed by atoms with Crippen molar-refractivity contribution in [3.8, 4) is 22.6 Å². The third-order valence-electron chi connectivity index (χ3n) is 3.36. The number of ether oxygens (including phenoxy) is 3. The number of methoxy groups -OCH3 is 1. The highest BCUT2D eigenvalue weighted by Crippen LogP contribution is 2.40. The monoisotopic (exact) mass is 345 g/mol. The topological polar surface area (TPSA) is 95.0 Å². The molecule has 0 aliphatic heterocycles. The van der Waals surface area contributed by atoms with Crippen molar-refractivity contribution in [3.63, 3.8) is 0 Å². The van der Waals surface area contributed by atoms with Gasteiger partial charge in [0.25, 0.3) is 0 Å². The molecule has 7 nitrogen and oxygen atoms in total. The fourth-order valence-electron chi connectivity index (χ4n) is 2.34. The van der Waals surface area contributed by atoms with Crippen LogP contribution in [0.15, 0.2) is 30.6 Å². The number of nitrogens with zero attached hydrogens (tertiary/aromatic N) is 1. The highest BCUT2D eigenvalue weighted by atomic mass is 16.5. The molecular weight excluding hydrogens is 326 g/mol. The fraction of sp³-hybridized carbons (Fsp3) is 0.278. The lowest BCUT2D eigenvalue weighted by Gasteiger charge is -2.17. The van der Waals surface area contributed by atoms with Crippen molar-refractivity contribution in [1.82, 2.24) is 4.98 Å². The summed E-state index contributed by atoms with van der Waals surface area (Å²) in [4.78, 5) is 27.1. The zero-order chi connectivity index (χ0) is 18.4. The fourth-order valence-corrected chi connectivity index (χ4v) is 2.34. The number of esters is 1. The van der Waals surface area contributed by atoms with Crippen LogP contribution in [0.2, 0.25) is 0 Å². The van der Waals surface area contributed by atoms with Crippen molar-refractivity contribution in [2.24, 2.45) is 0 Å². The van der Waals surface area contributed by atoms with Gasteiger partial charge in [0.1, 0.15) is 11.5 Å². The molecule has 1 aromatic carbocycles. The first-order valence-corrected chi connectivity index (χ1v) is 7.72. The normalized spacial score (nSPS) is 10.2. The Morgan fingerprint density at radius 2 is 1.60 bits per heavy atom. The lowest BCUT2D eigenvalue weighted by molar-refractivity contribution is 0.0599.